The minimum Gasteiger partial charge on any atom is -0.301 e. The summed E-state index contributed by atoms with van der Waals surface area (Å²) in [4.78, 5) is 12.9. The standard InChI is InChI=1S/C5H11O5P/c1-3-5-8-10-11(6,7)9-4-2/h3H,1,4-5H2,2H3,(H,6,7). The highest BCUT2D eigenvalue weighted by atomic mass is 31.2. The smallest absolute Gasteiger partial charge is 0.301 e. The van der Waals surface area contributed by atoms with Gasteiger partial charge >= 0.3 is 7.82 Å². The molecule has 6 heteroatoms. The van der Waals surface area contributed by atoms with E-state index in [0.29, 0.717) is 0 Å². The fraction of sp³-hybridized carbons (Fsp3) is 0.600. The highest BCUT2D eigenvalue weighted by molar-refractivity contribution is 7.47. The summed E-state index contributed by atoms with van der Waals surface area (Å²) in [5.41, 5.74) is 0. The lowest BCUT2D eigenvalue weighted by atomic mass is 10.7. The highest BCUT2D eigenvalue weighted by Crippen LogP contribution is 2.42. The molecule has 0 spiro atoms. The van der Waals surface area contributed by atoms with Crippen molar-refractivity contribution in [1.29, 1.82) is 0 Å². The van der Waals surface area contributed by atoms with Gasteiger partial charge in [0.1, 0.15) is 6.61 Å². The maximum Gasteiger partial charge on any atom is 0.499 e. The third kappa shape index (κ3) is 6.22. The molecule has 5 nitrogen and oxygen atoms in total. The van der Waals surface area contributed by atoms with Crippen LogP contribution in [0.2, 0.25) is 0 Å². The number of phosphoric acid groups is 1. The van der Waals surface area contributed by atoms with Crippen LogP contribution in [0.25, 0.3) is 0 Å². The average Bonchev–Trinajstić information content (AvgIpc) is 1.87. The van der Waals surface area contributed by atoms with Crippen LogP contribution in [0.3, 0.4) is 0 Å². The van der Waals surface area contributed by atoms with Crippen molar-refractivity contribution in [3.63, 3.8) is 0 Å². The van der Waals surface area contributed by atoms with Crippen molar-refractivity contribution in [2.75, 3.05) is 13.2 Å². The molecule has 0 aromatic carbocycles. The van der Waals surface area contributed by atoms with Crippen molar-refractivity contribution < 1.29 is 23.5 Å². The molecular weight excluding hydrogens is 171 g/mol. The number of rotatable bonds is 6. The Hall–Kier alpha value is -0.190. The largest absolute Gasteiger partial charge is 0.499 e. The Morgan fingerprint density at radius 1 is 1.73 bits per heavy atom. The number of hydrogen-bond donors (Lipinski definition) is 1. The maximum atomic E-state index is 10.6. The van der Waals surface area contributed by atoms with Gasteiger partial charge in [0.15, 0.2) is 0 Å². The summed E-state index contributed by atoms with van der Waals surface area (Å²) in [7, 11) is -3.99. The highest BCUT2D eigenvalue weighted by Gasteiger charge is 2.20. The van der Waals surface area contributed by atoms with Gasteiger partial charge in [-0.3, -0.25) is 4.52 Å². The van der Waals surface area contributed by atoms with Crippen LogP contribution in [0.4, 0.5) is 0 Å². The Morgan fingerprint density at radius 3 is 2.82 bits per heavy atom. The molecule has 0 aliphatic heterocycles. The van der Waals surface area contributed by atoms with Gasteiger partial charge in [-0.1, -0.05) is 6.08 Å². The molecule has 0 rings (SSSR count). The zero-order valence-electron chi connectivity index (χ0n) is 6.23. The summed E-state index contributed by atoms with van der Waals surface area (Å²) >= 11 is 0. The third-order valence-electron chi connectivity index (χ3n) is 0.625. The molecule has 0 aromatic rings. The van der Waals surface area contributed by atoms with Gasteiger partial charge in [-0.25, -0.2) is 9.45 Å². The first kappa shape index (κ1) is 10.8. The van der Waals surface area contributed by atoms with Crippen LogP contribution in [0, 0.1) is 0 Å². The molecule has 0 radical (unpaired) electrons. The second-order valence-electron chi connectivity index (χ2n) is 1.53. The minimum atomic E-state index is -3.99. The van der Waals surface area contributed by atoms with Gasteiger partial charge < -0.3 is 4.89 Å². The van der Waals surface area contributed by atoms with E-state index in [2.05, 4.69) is 20.7 Å². The van der Waals surface area contributed by atoms with E-state index in [-0.39, 0.29) is 13.2 Å². The van der Waals surface area contributed by atoms with Crippen molar-refractivity contribution in [1.82, 2.24) is 0 Å². The Balaban J connectivity index is 3.54. The lowest BCUT2D eigenvalue weighted by molar-refractivity contribution is -0.214. The summed E-state index contributed by atoms with van der Waals surface area (Å²) in [5.74, 6) is 0. The fourth-order valence-corrected chi connectivity index (χ4v) is 0.893. The topological polar surface area (TPSA) is 65.0 Å². The molecule has 0 amide bonds. The molecule has 1 N–H and O–H groups in total. The molecule has 1 atom stereocenters. The Labute approximate surface area is 65.1 Å². The van der Waals surface area contributed by atoms with E-state index in [1.807, 2.05) is 0 Å². The zero-order valence-corrected chi connectivity index (χ0v) is 7.12. The van der Waals surface area contributed by atoms with Crippen LogP contribution in [-0.2, 0) is 18.7 Å². The molecule has 0 fully saturated rings. The zero-order chi connectivity index (χ0) is 8.74. The van der Waals surface area contributed by atoms with E-state index < -0.39 is 7.82 Å². The third-order valence-corrected chi connectivity index (χ3v) is 1.50. The molecule has 0 saturated carbocycles. The van der Waals surface area contributed by atoms with Crippen molar-refractivity contribution >= 4 is 7.82 Å². The summed E-state index contributed by atoms with van der Waals surface area (Å²) in [6, 6.07) is 0. The monoisotopic (exact) mass is 182 g/mol. The van der Waals surface area contributed by atoms with Crippen LogP contribution in [0.15, 0.2) is 12.7 Å². The Kier molecular flexibility index (Phi) is 5.36. The molecule has 0 aliphatic carbocycles. The van der Waals surface area contributed by atoms with Gasteiger partial charge in [-0.2, -0.15) is 0 Å². The van der Waals surface area contributed by atoms with E-state index in [4.69, 9.17) is 4.89 Å². The van der Waals surface area contributed by atoms with Crippen molar-refractivity contribution in [3.8, 4) is 0 Å². The van der Waals surface area contributed by atoms with Crippen LogP contribution >= 0.6 is 7.82 Å². The van der Waals surface area contributed by atoms with Gasteiger partial charge in [0, 0.05) is 0 Å². The lowest BCUT2D eigenvalue weighted by Crippen LogP contribution is -1.96. The summed E-state index contributed by atoms with van der Waals surface area (Å²) < 4.78 is 19.0. The Morgan fingerprint density at radius 2 is 2.36 bits per heavy atom. The van der Waals surface area contributed by atoms with Gasteiger partial charge in [0.2, 0.25) is 0 Å². The van der Waals surface area contributed by atoms with Gasteiger partial charge in [-0.15, -0.1) is 11.3 Å². The molecule has 11 heavy (non-hydrogen) atoms. The van der Waals surface area contributed by atoms with Gasteiger partial charge in [0.05, 0.1) is 6.61 Å². The van der Waals surface area contributed by atoms with Crippen LogP contribution in [0.5, 0.6) is 0 Å². The number of hydrogen-bond acceptors (Lipinski definition) is 4. The predicted molar refractivity (Wildman–Crippen MR) is 38.7 cm³/mol. The SMILES string of the molecule is C=CCOOP(=O)(O)OCC. The van der Waals surface area contributed by atoms with E-state index in [9.17, 15) is 4.57 Å². The van der Waals surface area contributed by atoms with E-state index in [1.165, 1.54) is 6.08 Å². The number of phosphoric ester groups is 1. The quantitative estimate of drug-likeness (QED) is 0.220. The second kappa shape index (κ2) is 5.46. The summed E-state index contributed by atoms with van der Waals surface area (Å²) in [6.07, 6.45) is 1.38. The normalized spacial score (nSPS) is 15.8. The summed E-state index contributed by atoms with van der Waals surface area (Å²) in [6.45, 7) is 5.01. The average molecular weight is 182 g/mol. The van der Waals surface area contributed by atoms with Crippen molar-refractivity contribution in [2.24, 2.45) is 0 Å². The van der Waals surface area contributed by atoms with E-state index >= 15 is 0 Å². The molecule has 0 aromatic heterocycles. The van der Waals surface area contributed by atoms with Crippen LogP contribution < -0.4 is 0 Å². The van der Waals surface area contributed by atoms with Crippen LogP contribution in [-0.4, -0.2) is 18.1 Å². The molecule has 0 bridgehead atoms. The van der Waals surface area contributed by atoms with Crippen molar-refractivity contribution in [2.45, 2.75) is 6.92 Å². The Bertz CT molecular complexity index is 157. The van der Waals surface area contributed by atoms with E-state index in [0.717, 1.165) is 0 Å². The van der Waals surface area contributed by atoms with E-state index in [1.54, 1.807) is 6.92 Å². The maximum absolute atomic E-state index is 10.6. The minimum absolute atomic E-state index is 0.0393. The van der Waals surface area contributed by atoms with Crippen molar-refractivity contribution in [3.05, 3.63) is 12.7 Å². The first-order valence-corrected chi connectivity index (χ1v) is 4.51. The molecular formula is C5H11O5P. The fourth-order valence-electron chi connectivity index (χ4n) is 0.330. The first-order chi connectivity index (χ1) is 5.12. The predicted octanol–water partition coefficient (Wildman–Crippen LogP) is 1.26. The molecule has 0 heterocycles. The molecule has 66 valence electrons. The first-order valence-electron chi connectivity index (χ1n) is 3.02. The molecule has 0 aliphatic rings. The lowest BCUT2D eigenvalue weighted by Gasteiger charge is -2.07. The van der Waals surface area contributed by atoms with Gasteiger partial charge in [-0.05, 0) is 6.92 Å². The van der Waals surface area contributed by atoms with Gasteiger partial charge in [0.25, 0.3) is 0 Å². The van der Waals surface area contributed by atoms with Crippen LogP contribution in [0.1, 0.15) is 6.92 Å². The second-order valence-corrected chi connectivity index (χ2v) is 2.88. The molecule has 0 saturated heterocycles. The molecule has 1 unspecified atom stereocenters. The summed E-state index contributed by atoms with van der Waals surface area (Å²) in [5, 5.41) is 0.